The molecule has 0 unspecified atom stereocenters. The normalized spacial score (nSPS) is 10.8. The summed E-state index contributed by atoms with van der Waals surface area (Å²) in [6.07, 6.45) is 1.54. The first kappa shape index (κ1) is 19.9. The highest BCUT2D eigenvalue weighted by molar-refractivity contribution is 6.40. The van der Waals surface area contributed by atoms with E-state index >= 15 is 0 Å². The first-order valence-electron chi connectivity index (χ1n) is 9.38. The van der Waals surface area contributed by atoms with Crippen LogP contribution in [0.25, 0.3) is 21.8 Å². The summed E-state index contributed by atoms with van der Waals surface area (Å²) in [7, 11) is 0. The van der Waals surface area contributed by atoms with Crippen LogP contribution in [0, 0.1) is 0 Å². The molecule has 146 valence electrons. The lowest BCUT2D eigenvalue weighted by atomic mass is 10.1. The Labute approximate surface area is 168 Å². The van der Waals surface area contributed by atoms with Gasteiger partial charge in [-0.25, -0.2) is 9.78 Å². The van der Waals surface area contributed by atoms with Gasteiger partial charge in [0.05, 0.1) is 21.6 Å². The molecule has 0 saturated carbocycles. The fourth-order valence-electron chi connectivity index (χ4n) is 3.02. The average molecular weight is 399 g/mol. The maximum atomic E-state index is 12.7. The lowest BCUT2D eigenvalue weighted by molar-refractivity contribution is 0.0954. The van der Waals surface area contributed by atoms with Crippen molar-refractivity contribution in [1.29, 1.82) is 0 Å². The molecule has 6 nitrogen and oxygen atoms in total. The van der Waals surface area contributed by atoms with Crippen molar-refractivity contribution in [3.63, 3.8) is 0 Å². The first-order valence-corrected chi connectivity index (χ1v) is 9.76. The van der Waals surface area contributed by atoms with Crippen molar-refractivity contribution in [3.05, 3.63) is 53.1 Å². The summed E-state index contributed by atoms with van der Waals surface area (Å²) in [6.45, 7) is 3.56. The second kappa shape index (κ2) is 9.37. The molecule has 0 aliphatic carbocycles. The van der Waals surface area contributed by atoms with Gasteiger partial charge in [-0.3, -0.25) is 4.79 Å². The minimum absolute atomic E-state index is 0.169. The highest BCUT2D eigenvalue weighted by atomic mass is 35.5. The van der Waals surface area contributed by atoms with Gasteiger partial charge in [0.1, 0.15) is 0 Å². The molecule has 3 aromatic rings. The molecule has 2 aromatic carbocycles. The Balaban J connectivity index is 1.65. The summed E-state index contributed by atoms with van der Waals surface area (Å²) >= 11 is 6.55. The van der Waals surface area contributed by atoms with Gasteiger partial charge in [0.2, 0.25) is 0 Å². The number of fused-ring (bicyclic) bond motifs is 2. The van der Waals surface area contributed by atoms with Crippen molar-refractivity contribution in [2.24, 2.45) is 0 Å². The van der Waals surface area contributed by atoms with Crippen LogP contribution in [-0.2, 0) is 0 Å². The highest BCUT2D eigenvalue weighted by Crippen LogP contribution is 2.31. The van der Waals surface area contributed by atoms with Gasteiger partial charge in [-0.15, -0.1) is 0 Å². The molecule has 0 fully saturated rings. The van der Waals surface area contributed by atoms with Crippen LogP contribution in [0.3, 0.4) is 0 Å². The quantitative estimate of drug-likeness (QED) is 0.417. The number of benzene rings is 2. The number of pyridine rings is 1. The number of para-hydroxylation sites is 2. The molecule has 1 heterocycles. The van der Waals surface area contributed by atoms with E-state index in [1.165, 1.54) is 0 Å². The first-order chi connectivity index (χ1) is 13.6. The van der Waals surface area contributed by atoms with Crippen molar-refractivity contribution < 1.29 is 9.59 Å². The van der Waals surface area contributed by atoms with Gasteiger partial charge in [-0.05, 0) is 31.9 Å². The topological polar surface area (TPSA) is 83.1 Å². The molecule has 0 bridgehead atoms. The number of hydrogen-bond acceptors (Lipinski definition) is 3. The van der Waals surface area contributed by atoms with Crippen molar-refractivity contribution in [3.8, 4) is 0 Å². The van der Waals surface area contributed by atoms with Crippen LogP contribution in [0.5, 0.6) is 0 Å². The summed E-state index contributed by atoms with van der Waals surface area (Å²) in [6, 6.07) is 12.9. The molecule has 1 aromatic heterocycles. The van der Waals surface area contributed by atoms with Gasteiger partial charge < -0.3 is 16.0 Å². The summed E-state index contributed by atoms with van der Waals surface area (Å²) in [4.78, 5) is 28.6. The molecule has 7 heteroatoms. The molecule has 0 atom stereocenters. The molecular weight excluding hydrogens is 376 g/mol. The third kappa shape index (κ3) is 4.51. The number of rotatable bonds is 7. The minimum Gasteiger partial charge on any atom is -0.352 e. The number of aromatic nitrogens is 1. The number of unbranched alkanes of at least 4 members (excludes halogenated alkanes) is 1. The van der Waals surface area contributed by atoms with Gasteiger partial charge in [0.15, 0.2) is 0 Å². The molecule has 0 radical (unpaired) electrons. The second-order valence-electron chi connectivity index (χ2n) is 6.39. The Morgan fingerprint density at radius 2 is 1.64 bits per heavy atom. The van der Waals surface area contributed by atoms with Gasteiger partial charge in [-0.1, -0.05) is 41.9 Å². The van der Waals surface area contributed by atoms with Gasteiger partial charge in [0, 0.05) is 30.4 Å². The molecule has 0 saturated heterocycles. The lowest BCUT2D eigenvalue weighted by Crippen LogP contribution is -2.36. The zero-order chi connectivity index (χ0) is 19.9. The van der Waals surface area contributed by atoms with E-state index in [0.29, 0.717) is 35.7 Å². The number of hydrogen-bond donors (Lipinski definition) is 3. The van der Waals surface area contributed by atoms with Crippen molar-refractivity contribution in [2.75, 3.05) is 19.6 Å². The van der Waals surface area contributed by atoms with Crippen LogP contribution in [0.15, 0.2) is 42.5 Å². The zero-order valence-corrected chi connectivity index (χ0v) is 16.5. The van der Waals surface area contributed by atoms with E-state index in [-0.39, 0.29) is 11.9 Å². The fraction of sp³-hybridized carbons (Fsp3) is 0.286. The van der Waals surface area contributed by atoms with Crippen LogP contribution in [0.2, 0.25) is 5.02 Å². The summed E-state index contributed by atoms with van der Waals surface area (Å²) in [5.41, 5.74) is 1.86. The molecule has 3 rings (SSSR count). The van der Waals surface area contributed by atoms with Crippen LogP contribution >= 0.6 is 11.6 Å². The maximum absolute atomic E-state index is 12.7. The smallest absolute Gasteiger partial charge is 0.314 e. The third-order valence-corrected chi connectivity index (χ3v) is 4.81. The number of carbonyl (C=O) groups is 2. The van der Waals surface area contributed by atoms with Gasteiger partial charge in [-0.2, -0.15) is 0 Å². The van der Waals surface area contributed by atoms with Gasteiger partial charge >= 0.3 is 6.03 Å². The molecule has 0 aliphatic heterocycles. The minimum atomic E-state index is -0.180. The predicted molar refractivity (Wildman–Crippen MR) is 113 cm³/mol. The Hall–Kier alpha value is -2.86. The third-order valence-electron chi connectivity index (χ3n) is 4.40. The highest BCUT2D eigenvalue weighted by Gasteiger charge is 2.14. The molecule has 3 amide bonds. The number of carbonyl (C=O) groups excluding carboxylic acids is 2. The summed E-state index contributed by atoms with van der Waals surface area (Å²) in [5, 5.41) is 10.6. The Bertz CT molecular complexity index is 1010. The summed E-state index contributed by atoms with van der Waals surface area (Å²) in [5.74, 6) is -0.180. The van der Waals surface area contributed by atoms with E-state index in [4.69, 9.17) is 11.6 Å². The molecule has 0 spiro atoms. The van der Waals surface area contributed by atoms with E-state index in [1.807, 2.05) is 43.3 Å². The van der Waals surface area contributed by atoms with E-state index < -0.39 is 0 Å². The number of halogens is 1. The van der Waals surface area contributed by atoms with E-state index in [1.54, 1.807) is 6.07 Å². The zero-order valence-electron chi connectivity index (χ0n) is 15.7. The molecular formula is C21H23ClN4O2. The lowest BCUT2D eigenvalue weighted by Gasteiger charge is -2.10. The monoisotopic (exact) mass is 398 g/mol. The number of nitrogens with one attached hydrogen (secondary N) is 3. The number of urea groups is 1. The number of nitrogens with zero attached hydrogens (tertiary/aromatic N) is 1. The van der Waals surface area contributed by atoms with Gasteiger partial charge in [0.25, 0.3) is 5.91 Å². The Morgan fingerprint density at radius 3 is 2.43 bits per heavy atom. The van der Waals surface area contributed by atoms with Crippen molar-refractivity contribution in [2.45, 2.75) is 19.8 Å². The molecule has 28 heavy (non-hydrogen) atoms. The Kier molecular flexibility index (Phi) is 6.66. The van der Waals surface area contributed by atoms with Crippen LogP contribution in [0.4, 0.5) is 4.79 Å². The van der Waals surface area contributed by atoms with Crippen LogP contribution in [0.1, 0.15) is 30.1 Å². The molecule has 3 N–H and O–H groups in total. The van der Waals surface area contributed by atoms with E-state index in [9.17, 15) is 9.59 Å². The molecule has 0 aliphatic rings. The number of amides is 3. The average Bonchev–Trinajstić information content (AvgIpc) is 2.70. The maximum Gasteiger partial charge on any atom is 0.314 e. The van der Waals surface area contributed by atoms with E-state index in [0.717, 1.165) is 29.1 Å². The Morgan fingerprint density at radius 1 is 0.929 bits per heavy atom. The predicted octanol–water partition coefficient (Wildman–Crippen LogP) is 3.87. The van der Waals surface area contributed by atoms with E-state index in [2.05, 4.69) is 20.9 Å². The van der Waals surface area contributed by atoms with Crippen molar-refractivity contribution in [1.82, 2.24) is 20.9 Å². The van der Waals surface area contributed by atoms with Crippen molar-refractivity contribution >= 4 is 45.3 Å². The largest absolute Gasteiger partial charge is 0.352 e. The summed E-state index contributed by atoms with van der Waals surface area (Å²) < 4.78 is 0. The van der Waals surface area contributed by atoms with Crippen LogP contribution < -0.4 is 16.0 Å². The standard InChI is InChI=1S/C21H23ClN4O2/c1-2-23-21(28)25-13-6-5-12-24-20(27)16-10-7-9-15-18(22)14-8-3-4-11-17(14)26-19(15)16/h3-4,7-11H,2,5-6,12-13H2,1H3,(H,24,27)(H2,23,25,28). The fourth-order valence-corrected chi connectivity index (χ4v) is 3.33. The second-order valence-corrected chi connectivity index (χ2v) is 6.77. The van der Waals surface area contributed by atoms with Crippen LogP contribution in [-0.4, -0.2) is 36.6 Å². The SMILES string of the molecule is CCNC(=O)NCCCCNC(=O)c1cccc2c(Cl)c3ccccc3nc12.